The molecule has 0 saturated carbocycles. The second-order valence-corrected chi connectivity index (χ2v) is 5.01. The summed E-state index contributed by atoms with van der Waals surface area (Å²) in [7, 11) is 0. The van der Waals surface area contributed by atoms with Crippen LogP contribution in [0.2, 0.25) is 0 Å². The molecule has 2 rings (SSSR count). The molecule has 0 aliphatic heterocycles. The summed E-state index contributed by atoms with van der Waals surface area (Å²) in [5.74, 6) is 0.601. The van der Waals surface area contributed by atoms with Crippen molar-refractivity contribution in [2.45, 2.75) is 19.8 Å². The Hall–Kier alpha value is -2.49. The average molecular weight is 298 g/mol. The Bertz CT molecular complexity index is 567. The Labute approximate surface area is 131 Å². The van der Waals surface area contributed by atoms with Crippen LogP contribution in [0.3, 0.4) is 0 Å². The highest BCUT2D eigenvalue weighted by atomic mass is 16.5. The van der Waals surface area contributed by atoms with E-state index in [-0.39, 0.29) is 12.5 Å². The third kappa shape index (κ3) is 5.48. The fourth-order valence-corrected chi connectivity index (χ4v) is 1.93. The first-order valence-corrected chi connectivity index (χ1v) is 7.59. The molecule has 0 radical (unpaired) electrons. The zero-order valence-corrected chi connectivity index (χ0v) is 12.8. The van der Waals surface area contributed by atoms with Crippen molar-refractivity contribution < 1.29 is 9.53 Å². The zero-order chi connectivity index (χ0) is 15.6. The second-order valence-electron chi connectivity index (χ2n) is 5.01. The van der Waals surface area contributed by atoms with Gasteiger partial charge in [-0.1, -0.05) is 31.5 Å². The minimum atomic E-state index is -0.0834. The normalized spacial score (nSPS) is 10.0. The molecule has 1 amide bonds. The van der Waals surface area contributed by atoms with E-state index >= 15 is 0 Å². The topological polar surface area (TPSA) is 50.4 Å². The summed E-state index contributed by atoms with van der Waals surface area (Å²) >= 11 is 0. The lowest BCUT2D eigenvalue weighted by molar-refractivity contribution is -0.123. The van der Waals surface area contributed by atoms with E-state index in [1.165, 1.54) is 0 Å². The Balaban J connectivity index is 1.78. The predicted octanol–water partition coefficient (Wildman–Crippen LogP) is 3.73. The number of amides is 1. The number of benzene rings is 2. The maximum Gasteiger partial charge on any atom is 0.257 e. The SMILES string of the molecule is CCCCNC(=O)COc1ccc(Nc2ccccc2)cc1. The van der Waals surface area contributed by atoms with Crippen LogP contribution >= 0.6 is 0 Å². The molecule has 2 N–H and O–H groups in total. The lowest BCUT2D eigenvalue weighted by Gasteiger charge is -2.09. The number of hydrogen-bond acceptors (Lipinski definition) is 3. The molecule has 0 spiro atoms. The number of nitrogens with one attached hydrogen (secondary N) is 2. The van der Waals surface area contributed by atoms with Crippen LogP contribution in [0.4, 0.5) is 11.4 Å². The van der Waals surface area contributed by atoms with Crippen molar-refractivity contribution in [2.24, 2.45) is 0 Å². The minimum absolute atomic E-state index is 0.0508. The maximum absolute atomic E-state index is 11.6. The number of unbranched alkanes of at least 4 members (excludes halogenated alkanes) is 1. The van der Waals surface area contributed by atoms with Gasteiger partial charge >= 0.3 is 0 Å². The van der Waals surface area contributed by atoms with Crippen molar-refractivity contribution in [1.82, 2.24) is 5.32 Å². The Kier molecular flexibility index (Phi) is 6.30. The van der Waals surface area contributed by atoms with Crippen LogP contribution in [0, 0.1) is 0 Å². The molecule has 0 saturated heterocycles. The molecule has 2 aromatic carbocycles. The summed E-state index contributed by atoms with van der Waals surface area (Å²) in [5, 5.41) is 6.12. The van der Waals surface area contributed by atoms with E-state index in [1.807, 2.05) is 54.6 Å². The number of hydrogen-bond donors (Lipinski definition) is 2. The highest BCUT2D eigenvalue weighted by Crippen LogP contribution is 2.19. The summed E-state index contributed by atoms with van der Waals surface area (Å²) in [6, 6.07) is 17.5. The number of anilines is 2. The van der Waals surface area contributed by atoms with Crippen molar-refractivity contribution in [3.8, 4) is 5.75 Å². The zero-order valence-electron chi connectivity index (χ0n) is 12.8. The van der Waals surface area contributed by atoms with Gasteiger partial charge in [-0.05, 0) is 42.8 Å². The molecule has 0 heterocycles. The Morgan fingerprint density at radius 3 is 2.36 bits per heavy atom. The molecule has 0 aliphatic rings. The molecule has 22 heavy (non-hydrogen) atoms. The van der Waals surface area contributed by atoms with Gasteiger partial charge in [0.25, 0.3) is 5.91 Å². The first kappa shape index (κ1) is 15.9. The summed E-state index contributed by atoms with van der Waals surface area (Å²) in [5.41, 5.74) is 2.01. The molecule has 0 unspecified atom stereocenters. The Morgan fingerprint density at radius 2 is 1.68 bits per heavy atom. The fourth-order valence-electron chi connectivity index (χ4n) is 1.93. The summed E-state index contributed by atoms with van der Waals surface area (Å²) in [6.07, 6.45) is 2.06. The number of ether oxygens (including phenoxy) is 1. The van der Waals surface area contributed by atoms with Crippen LogP contribution in [0.25, 0.3) is 0 Å². The molecular weight excluding hydrogens is 276 g/mol. The summed E-state index contributed by atoms with van der Waals surface area (Å²) in [4.78, 5) is 11.6. The van der Waals surface area contributed by atoms with Crippen molar-refractivity contribution in [2.75, 3.05) is 18.5 Å². The van der Waals surface area contributed by atoms with Crippen molar-refractivity contribution in [3.05, 3.63) is 54.6 Å². The first-order valence-electron chi connectivity index (χ1n) is 7.59. The Morgan fingerprint density at radius 1 is 1.00 bits per heavy atom. The van der Waals surface area contributed by atoms with Gasteiger partial charge in [0.1, 0.15) is 5.75 Å². The predicted molar refractivity (Wildman–Crippen MR) is 89.6 cm³/mol. The van der Waals surface area contributed by atoms with Crippen LogP contribution in [0.15, 0.2) is 54.6 Å². The molecule has 116 valence electrons. The fraction of sp³-hybridized carbons (Fsp3) is 0.278. The molecule has 0 fully saturated rings. The molecule has 0 aromatic heterocycles. The van der Waals surface area contributed by atoms with Crippen LogP contribution < -0.4 is 15.4 Å². The van der Waals surface area contributed by atoms with E-state index < -0.39 is 0 Å². The van der Waals surface area contributed by atoms with Crippen molar-refractivity contribution in [3.63, 3.8) is 0 Å². The van der Waals surface area contributed by atoms with E-state index in [0.717, 1.165) is 24.2 Å². The number of para-hydroxylation sites is 1. The summed E-state index contributed by atoms with van der Waals surface area (Å²) < 4.78 is 5.46. The number of carbonyl (C=O) groups excluding carboxylic acids is 1. The van der Waals surface area contributed by atoms with E-state index in [1.54, 1.807) is 0 Å². The standard InChI is InChI=1S/C18H22N2O2/c1-2-3-13-19-18(21)14-22-17-11-9-16(10-12-17)20-15-7-5-4-6-8-15/h4-12,20H,2-3,13-14H2,1H3,(H,19,21). The van der Waals surface area contributed by atoms with Crippen molar-refractivity contribution in [1.29, 1.82) is 0 Å². The average Bonchev–Trinajstić information content (AvgIpc) is 2.55. The van der Waals surface area contributed by atoms with Gasteiger partial charge < -0.3 is 15.4 Å². The van der Waals surface area contributed by atoms with Crippen LogP contribution in [-0.4, -0.2) is 19.1 Å². The number of carbonyl (C=O) groups is 1. The van der Waals surface area contributed by atoms with Crippen molar-refractivity contribution >= 4 is 17.3 Å². The largest absolute Gasteiger partial charge is 0.484 e. The van der Waals surface area contributed by atoms with Gasteiger partial charge in [-0.25, -0.2) is 0 Å². The molecule has 0 aliphatic carbocycles. The first-order chi connectivity index (χ1) is 10.8. The molecule has 2 aromatic rings. The van der Waals surface area contributed by atoms with Crippen LogP contribution in [0.5, 0.6) is 5.75 Å². The van der Waals surface area contributed by atoms with Gasteiger partial charge in [-0.3, -0.25) is 4.79 Å². The third-order valence-electron chi connectivity index (χ3n) is 3.14. The van der Waals surface area contributed by atoms with Crippen LogP contribution in [0.1, 0.15) is 19.8 Å². The molecule has 4 nitrogen and oxygen atoms in total. The van der Waals surface area contributed by atoms with E-state index in [9.17, 15) is 4.79 Å². The monoisotopic (exact) mass is 298 g/mol. The van der Waals surface area contributed by atoms with Gasteiger partial charge in [0, 0.05) is 17.9 Å². The molecule has 0 atom stereocenters. The van der Waals surface area contributed by atoms with Gasteiger partial charge in [-0.15, -0.1) is 0 Å². The third-order valence-corrected chi connectivity index (χ3v) is 3.14. The summed E-state index contributed by atoms with van der Waals surface area (Å²) in [6.45, 7) is 2.85. The van der Waals surface area contributed by atoms with E-state index in [0.29, 0.717) is 12.3 Å². The highest BCUT2D eigenvalue weighted by molar-refractivity contribution is 5.77. The van der Waals surface area contributed by atoms with Crippen LogP contribution in [-0.2, 0) is 4.79 Å². The highest BCUT2D eigenvalue weighted by Gasteiger charge is 2.02. The molecular formula is C18H22N2O2. The smallest absolute Gasteiger partial charge is 0.257 e. The van der Waals surface area contributed by atoms with Gasteiger partial charge in [-0.2, -0.15) is 0 Å². The lowest BCUT2D eigenvalue weighted by Crippen LogP contribution is -2.29. The van der Waals surface area contributed by atoms with E-state index in [2.05, 4.69) is 17.6 Å². The molecule has 0 bridgehead atoms. The number of rotatable bonds is 8. The van der Waals surface area contributed by atoms with E-state index in [4.69, 9.17) is 4.74 Å². The molecule has 4 heteroatoms. The van der Waals surface area contributed by atoms with Gasteiger partial charge in [0.05, 0.1) is 0 Å². The van der Waals surface area contributed by atoms with Gasteiger partial charge in [0.15, 0.2) is 6.61 Å². The van der Waals surface area contributed by atoms with Gasteiger partial charge in [0.2, 0.25) is 0 Å². The minimum Gasteiger partial charge on any atom is -0.484 e. The lowest BCUT2D eigenvalue weighted by atomic mass is 10.2. The quantitative estimate of drug-likeness (QED) is 0.730. The maximum atomic E-state index is 11.6. The second kappa shape index (κ2) is 8.72.